The number of hydrogen-bond donors (Lipinski definition) is 1. The average molecular weight is 583 g/mol. The molecule has 0 spiro atoms. The van der Waals surface area contributed by atoms with E-state index in [9.17, 15) is 9.00 Å². The molecule has 222 valence electrons. The molecule has 1 N–H and O–H groups in total. The maximum atomic E-state index is 13.0. The number of aryl methyl sites for hydroxylation is 1. The monoisotopic (exact) mass is 582 g/mol. The van der Waals surface area contributed by atoms with Gasteiger partial charge in [0.05, 0.1) is 16.5 Å². The molecule has 0 saturated carbocycles. The van der Waals surface area contributed by atoms with Crippen molar-refractivity contribution < 1.29 is 18.5 Å². The molecule has 3 fully saturated rings. The molecule has 41 heavy (non-hydrogen) atoms. The van der Waals surface area contributed by atoms with Crippen molar-refractivity contribution in [2.75, 3.05) is 69.5 Å². The van der Waals surface area contributed by atoms with Gasteiger partial charge in [-0.3, -0.25) is 9.00 Å². The minimum Gasteiger partial charge on any atom is -0.490 e. The Hall–Kier alpha value is -2.76. The van der Waals surface area contributed by atoms with Gasteiger partial charge in [-0.15, -0.1) is 0 Å². The van der Waals surface area contributed by atoms with E-state index in [0.717, 1.165) is 106 Å². The zero-order chi connectivity index (χ0) is 28.3. The van der Waals surface area contributed by atoms with Crippen LogP contribution in [0.5, 0.6) is 5.75 Å². The normalized spacial score (nSPS) is 22.9. The second-order valence-electron chi connectivity index (χ2n) is 11.8. The minimum absolute atomic E-state index is 0.0725. The molecule has 1 aromatic heterocycles. The van der Waals surface area contributed by atoms with Gasteiger partial charge in [0, 0.05) is 76.0 Å². The van der Waals surface area contributed by atoms with Crippen LogP contribution >= 0.6 is 0 Å². The van der Waals surface area contributed by atoms with E-state index in [1.165, 1.54) is 0 Å². The molecule has 0 radical (unpaired) electrons. The second kappa shape index (κ2) is 12.6. The summed E-state index contributed by atoms with van der Waals surface area (Å²) in [6.45, 7) is 5.12. The summed E-state index contributed by atoms with van der Waals surface area (Å²) in [5.74, 6) is 2.93. The first kappa shape index (κ1) is 28.4. The van der Waals surface area contributed by atoms with Gasteiger partial charge in [0.15, 0.2) is 0 Å². The van der Waals surface area contributed by atoms with Crippen LogP contribution in [0.15, 0.2) is 29.2 Å². The van der Waals surface area contributed by atoms with Crippen molar-refractivity contribution in [1.82, 2.24) is 19.8 Å². The number of nitrogens with one attached hydrogen (secondary N) is 1. The van der Waals surface area contributed by atoms with Gasteiger partial charge in [0.1, 0.15) is 22.6 Å². The largest absolute Gasteiger partial charge is 0.490 e. The van der Waals surface area contributed by atoms with Crippen molar-refractivity contribution in [3.63, 3.8) is 0 Å². The van der Waals surface area contributed by atoms with Gasteiger partial charge in [0.2, 0.25) is 5.95 Å². The summed E-state index contributed by atoms with van der Waals surface area (Å²) < 4.78 is 24.5. The first-order valence-corrected chi connectivity index (χ1v) is 16.4. The highest BCUT2D eigenvalue weighted by atomic mass is 32.2. The first-order valence-electron chi connectivity index (χ1n) is 15.1. The molecular weight excluding hydrogens is 540 g/mol. The van der Waals surface area contributed by atoms with Gasteiger partial charge in [-0.2, -0.15) is 4.98 Å². The number of fused-ring (bicyclic) bond motifs is 1. The van der Waals surface area contributed by atoms with E-state index in [1.54, 1.807) is 0 Å². The number of anilines is 2. The number of amides is 1. The number of nitrogens with zero attached hydrogens (tertiary/aromatic N) is 5. The molecule has 1 amide bonds. The molecule has 4 aliphatic heterocycles. The van der Waals surface area contributed by atoms with Gasteiger partial charge in [-0.1, -0.05) is 0 Å². The van der Waals surface area contributed by atoms with E-state index in [2.05, 4.69) is 22.2 Å². The van der Waals surface area contributed by atoms with Crippen molar-refractivity contribution in [2.24, 2.45) is 0 Å². The Kier molecular flexibility index (Phi) is 8.73. The fourth-order valence-corrected chi connectivity index (χ4v) is 7.57. The third kappa shape index (κ3) is 6.52. The number of ether oxygens (including phenoxy) is 2. The predicted octanol–water partition coefficient (Wildman–Crippen LogP) is 2.95. The summed E-state index contributed by atoms with van der Waals surface area (Å²) in [6.07, 6.45) is 6.41. The minimum atomic E-state index is -1.05. The Bertz CT molecular complexity index is 1240. The van der Waals surface area contributed by atoms with E-state index < -0.39 is 10.8 Å². The van der Waals surface area contributed by atoms with Gasteiger partial charge in [-0.25, -0.2) is 4.98 Å². The summed E-state index contributed by atoms with van der Waals surface area (Å²) in [5, 5.41) is 3.57. The molecule has 6 rings (SSSR count). The number of likely N-dealkylation sites (tertiary alicyclic amines) is 1. The van der Waals surface area contributed by atoms with Crippen LogP contribution in [0.4, 0.5) is 11.8 Å². The van der Waals surface area contributed by atoms with E-state index in [0.29, 0.717) is 23.3 Å². The van der Waals surface area contributed by atoms with Gasteiger partial charge in [-0.05, 0) is 70.1 Å². The van der Waals surface area contributed by atoms with Crippen LogP contribution in [-0.2, 0) is 22.0 Å². The summed E-state index contributed by atoms with van der Waals surface area (Å²) >= 11 is 0. The third-order valence-corrected chi connectivity index (χ3v) is 10.4. The number of piperidine rings is 2. The lowest BCUT2D eigenvalue weighted by Crippen LogP contribution is -2.44. The SMILES string of the molecule is CN1CCC(N(C)C(=O)c2ccc(OC3CCN(c4nc5c(c(NC6CCOCC6)n4)S(=O)CC5)CC3)cc2)CC1. The highest BCUT2D eigenvalue weighted by molar-refractivity contribution is 7.85. The number of benzene rings is 1. The van der Waals surface area contributed by atoms with Crippen molar-refractivity contribution in [1.29, 1.82) is 0 Å². The van der Waals surface area contributed by atoms with E-state index in [-0.39, 0.29) is 18.1 Å². The number of carbonyl (C=O) groups is 1. The lowest BCUT2D eigenvalue weighted by atomic mass is 10.0. The van der Waals surface area contributed by atoms with Crippen LogP contribution in [0.25, 0.3) is 0 Å². The second-order valence-corrected chi connectivity index (χ2v) is 13.3. The molecule has 1 unspecified atom stereocenters. The lowest BCUT2D eigenvalue weighted by Gasteiger charge is -2.35. The first-order chi connectivity index (χ1) is 19.9. The van der Waals surface area contributed by atoms with Crippen molar-refractivity contribution in [2.45, 2.75) is 68.0 Å². The number of aromatic nitrogens is 2. The van der Waals surface area contributed by atoms with Crippen molar-refractivity contribution in [3.05, 3.63) is 35.5 Å². The van der Waals surface area contributed by atoms with Crippen molar-refractivity contribution >= 4 is 28.5 Å². The van der Waals surface area contributed by atoms with Crippen LogP contribution in [0, 0.1) is 0 Å². The van der Waals surface area contributed by atoms with E-state index in [1.807, 2.05) is 36.2 Å². The van der Waals surface area contributed by atoms with Crippen LogP contribution in [-0.4, -0.2) is 107 Å². The van der Waals surface area contributed by atoms with Crippen LogP contribution in [0.1, 0.15) is 54.6 Å². The average Bonchev–Trinajstić information content (AvgIpc) is 3.39. The summed E-state index contributed by atoms with van der Waals surface area (Å²) in [5.41, 5.74) is 1.62. The van der Waals surface area contributed by atoms with Crippen LogP contribution in [0.3, 0.4) is 0 Å². The molecule has 1 aromatic carbocycles. The Morgan fingerprint density at radius 3 is 2.44 bits per heavy atom. The number of carbonyl (C=O) groups excluding carboxylic acids is 1. The highest BCUT2D eigenvalue weighted by Gasteiger charge is 2.30. The molecule has 11 heteroatoms. The summed E-state index contributed by atoms with van der Waals surface area (Å²) in [4.78, 5) is 30.0. The molecular formula is C30H42N6O4S. The molecule has 2 aromatic rings. The zero-order valence-electron chi connectivity index (χ0n) is 24.2. The fourth-order valence-electron chi connectivity index (χ4n) is 6.25. The predicted molar refractivity (Wildman–Crippen MR) is 159 cm³/mol. The Balaban J connectivity index is 1.04. The maximum Gasteiger partial charge on any atom is 0.253 e. The van der Waals surface area contributed by atoms with Gasteiger partial charge < -0.3 is 29.5 Å². The third-order valence-electron chi connectivity index (χ3n) is 8.92. The molecule has 3 saturated heterocycles. The molecule has 0 bridgehead atoms. The maximum absolute atomic E-state index is 13.0. The van der Waals surface area contributed by atoms with Crippen molar-refractivity contribution in [3.8, 4) is 5.75 Å². The smallest absolute Gasteiger partial charge is 0.253 e. The fraction of sp³-hybridized carbons (Fsp3) is 0.633. The zero-order valence-corrected chi connectivity index (χ0v) is 25.0. The molecule has 10 nitrogen and oxygen atoms in total. The molecule has 0 aliphatic carbocycles. The lowest BCUT2D eigenvalue weighted by molar-refractivity contribution is 0.0659. The molecule has 1 atom stereocenters. The van der Waals surface area contributed by atoms with Crippen LogP contribution < -0.4 is 15.0 Å². The van der Waals surface area contributed by atoms with Gasteiger partial charge in [0.25, 0.3) is 5.91 Å². The standard InChI is InChI=1S/C30H42N6O4S/c1-34-14-7-23(8-15-34)35(2)29(37)21-3-5-24(6-4-21)40-25-9-16-36(17-10-25)30-32-26-13-20-41(38)27(26)28(33-30)31-22-11-18-39-19-12-22/h3-6,22-23,25H,7-20H2,1-2H3,(H,31,32,33). The molecule has 5 heterocycles. The Morgan fingerprint density at radius 1 is 1.02 bits per heavy atom. The Labute approximate surface area is 245 Å². The summed E-state index contributed by atoms with van der Waals surface area (Å²) in [7, 11) is 3.01. The van der Waals surface area contributed by atoms with E-state index >= 15 is 0 Å². The topological polar surface area (TPSA) is 100 Å². The Morgan fingerprint density at radius 2 is 1.73 bits per heavy atom. The number of rotatable bonds is 7. The summed E-state index contributed by atoms with van der Waals surface area (Å²) in [6, 6.07) is 8.18. The quantitative estimate of drug-likeness (QED) is 0.528. The van der Waals surface area contributed by atoms with Crippen LogP contribution in [0.2, 0.25) is 0 Å². The highest BCUT2D eigenvalue weighted by Crippen LogP contribution is 2.32. The van der Waals surface area contributed by atoms with E-state index in [4.69, 9.17) is 19.4 Å². The molecule has 4 aliphatic rings. The number of hydrogen-bond acceptors (Lipinski definition) is 9. The van der Waals surface area contributed by atoms with Gasteiger partial charge >= 0.3 is 0 Å².